The van der Waals surface area contributed by atoms with Gasteiger partial charge in [0, 0.05) is 5.56 Å². The molecule has 2 atom stereocenters. The predicted octanol–water partition coefficient (Wildman–Crippen LogP) is 2.46. The van der Waals surface area contributed by atoms with Crippen LogP contribution in [0.2, 0.25) is 0 Å². The van der Waals surface area contributed by atoms with E-state index in [0.29, 0.717) is 6.54 Å². The molecule has 0 aliphatic carbocycles. The number of benzene rings is 1. The summed E-state index contributed by atoms with van der Waals surface area (Å²) in [6, 6.07) is 7.99. The van der Waals surface area contributed by atoms with Crippen molar-refractivity contribution in [3.63, 3.8) is 0 Å². The first kappa shape index (κ1) is 15.9. The molecule has 21 heavy (non-hydrogen) atoms. The van der Waals surface area contributed by atoms with Gasteiger partial charge in [0.2, 0.25) is 5.91 Å². The van der Waals surface area contributed by atoms with E-state index in [4.69, 9.17) is 5.73 Å². The van der Waals surface area contributed by atoms with Gasteiger partial charge in [0.25, 0.3) is 0 Å². The normalized spacial score (nSPS) is 19.2. The van der Waals surface area contributed by atoms with Gasteiger partial charge in [-0.25, -0.2) is 0 Å². The maximum absolute atomic E-state index is 12.2. The molecule has 3 nitrogen and oxygen atoms in total. The van der Waals surface area contributed by atoms with E-state index in [-0.39, 0.29) is 17.2 Å². The van der Waals surface area contributed by atoms with Crippen LogP contribution in [0.15, 0.2) is 24.3 Å². The van der Waals surface area contributed by atoms with E-state index in [0.717, 1.165) is 29.7 Å². The summed E-state index contributed by atoms with van der Waals surface area (Å²) in [5, 5.41) is 3.23. The molecule has 2 rings (SSSR count). The van der Waals surface area contributed by atoms with Gasteiger partial charge in [-0.3, -0.25) is 4.79 Å². The number of carbonyl (C=O) groups is 1. The van der Waals surface area contributed by atoms with Gasteiger partial charge in [0.05, 0.1) is 17.8 Å². The molecule has 1 amide bonds. The first-order valence-electron chi connectivity index (χ1n) is 7.41. The minimum atomic E-state index is 0.0246. The number of rotatable bonds is 3. The minimum Gasteiger partial charge on any atom is -0.349 e. The summed E-state index contributed by atoms with van der Waals surface area (Å²) in [7, 11) is 0. The highest BCUT2D eigenvalue weighted by Gasteiger charge is 2.23. The third kappa shape index (κ3) is 4.80. The maximum Gasteiger partial charge on any atom is 0.233 e. The Morgan fingerprint density at radius 2 is 2.19 bits per heavy atom. The van der Waals surface area contributed by atoms with Gasteiger partial charge in [-0.2, -0.15) is 0 Å². The molecule has 4 heteroatoms. The van der Waals surface area contributed by atoms with Gasteiger partial charge < -0.3 is 11.1 Å². The molecule has 0 saturated carbocycles. The van der Waals surface area contributed by atoms with Crippen molar-refractivity contribution in [3.05, 3.63) is 35.4 Å². The van der Waals surface area contributed by atoms with Crippen LogP contribution in [0.3, 0.4) is 0 Å². The molecular formula is C17H22N2OS. The Bertz CT molecular complexity index is 524. The quantitative estimate of drug-likeness (QED) is 0.843. The Kier molecular flexibility index (Phi) is 6.16. The zero-order chi connectivity index (χ0) is 15.1. The summed E-state index contributed by atoms with van der Waals surface area (Å²) >= 11 is 1.78. The van der Waals surface area contributed by atoms with Crippen LogP contribution in [0, 0.1) is 11.8 Å². The van der Waals surface area contributed by atoms with Crippen LogP contribution >= 0.6 is 11.8 Å². The van der Waals surface area contributed by atoms with Crippen molar-refractivity contribution < 1.29 is 4.79 Å². The van der Waals surface area contributed by atoms with E-state index in [9.17, 15) is 4.79 Å². The third-order valence-electron chi connectivity index (χ3n) is 3.58. The van der Waals surface area contributed by atoms with Gasteiger partial charge in [0.15, 0.2) is 0 Å². The SMILES string of the molecule is CC(NC(=O)C1CCCCS1)c1ccc(C#CCN)cc1. The van der Waals surface area contributed by atoms with E-state index in [1.807, 2.05) is 31.2 Å². The van der Waals surface area contributed by atoms with E-state index in [1.165, 1.54) is 6.42 Å². The van der Waals surface area contributed by atoms with E-state index in [1.54, 1.807) is 11.8 Å². The standard InChI is InChI=1S/C17H22N2OS/c1-13(19-17(20)16-6-2-3-12-21-16)15-9-7-14(8-10-15)5-4-11-18/h7-10,13,16H,2-3,6,11-12,18H2,1H3,(H,19,20). The van der Waals surface area contributed by atoms with Crippen LogP contribution in [0.5, 0.6) is 0 Å². The molecule has 3 N–H and O–H groups in total. The molecule has 1 aliphatic rings. The molecular weight excluding hydrogens is 280 g/mol. The molecule has 2 unspecified atom stereocenters. The van der Waals surface area contributed by atoms with Crippen molar-refractivity contribution in [1.29, 1.82) is 0 Å². The molecule has 1 saturated heterocycles. The average Bonchev–Trinajstić information content (AvgIpc) is 2.54. The van der Waals surface area contributed by atoms with Crippen molar-refractivity contribution in [1.82, 2.24) is 5.32 Å². The molecule has 1 aromatic carbocycles. The Morgan fingerprint density at radius 3 is 2.81 bits per heavy atom. The summed E-state index contributed by atoms with van der Waals surface area (Å²) in [6.07, 6.45) is 3.39. The van der Waals surface area contributed by atoms with Gasteiger partial charge >= 0.3 is 0 Å². The van der Waals surface area contributed by atoms with Crippen molar-refractivity contribution in [3.8, 4) is 11.8 Å². The first-order chi connectivity index (χ1) is 10.2. The summed E-state index contributed by atoms with van der Waals surface area (Å²) in [5.74, 6) is 7.10. The molecule has 0 aromatic heterocycles. The molecule has 112 valence electrons. The Balaban J connectivity index is 1.93. The van der Waals surface area contributed by atoms with E-state index >= 15 is 0 Å². The van der Waals surface area contributed by atoms with Crippen LogP contribution in [0.1, 0.15) is 43.4 Å². The highest BCUT2D eigenvalue weighted by atomic mass is 32.2. The van der Waals surface area contributed by atoms with Crippen LogP contribution in [0.4, 0.5) is 0 Å². The Morgan fingerprint density at radius 1 is 1.43 bits per heavy atom. The highest BCUT2D eigenvalue weighted by molar-refractivity contribution is 8.00. The second-order valence-electron chi connectivity index (χ2n) is 5.21. The third-order valence-corrected chi connectivity index (χ3v) is 4.95. The lowest BCUT2D eigenvalue weighted by atomic mass is 10.1. The summed E-state index contributed by atoms with van der Waals surface area (Å²) in [4.78, 5) is 12.2. The number of amides is 1. The lowest BCUT2D eigenvalue weighted by Crippen LogP contribution is -2.35. The largest absolute Gasteiger partial charge is 0.349 e. The fourth-order valence-electron chi connectivity index (χ4n) is 2.35. The van der Waals surface area contributed by atoms with E-state index in [2.05, 4.69) is 17.2 Å². The van der Waals surface area contributed by atoms with Gasteiger partial charge in [-0.05, 0) is 43.2 Å². The second-order valence-corrected chi connectivity index (χ2v) is 6.52. The van der Waals surface area contributed by atoms with Gasteiger partial charge in [-0.1, -0.05) is 30.4 Å². The number of carbonyl (C=O) groups excluding carboxylic acids is 1. The summed E-state index contributed by atoms with van der Waals surface area (Å²) in [5.41, 5.74) is 7.41. The number of hydrogen-bond acceptors (Lipinski definition) is 3. The van der Waals surface area contributed by atoms with Crippen LogP contribution < -0.4 is 11.1 Å². The number of thioether (sulfide) groups is 1. The maximum atomic E-state index is 12.2. The predicted molar refractivity (Wildman–Crippen MR) is 89.0 cm³/mol. The zero-order valence-electron chi connectivity index (χ0n) is 12.4. The molecule has 1 fully saturated rings. The van der Waals surface area contributed by atoms with Gasteiger partial charge in [-0.15, -0.1) is 11.8 Å². The zero-order valence-corrected chi connectivity index (χ0v) is 13.2. The molecule has 1 aliphatic heterocycles. The van der Waals surface area contributed by atoms with Crippen LogP contribution in [0.25, 0.3) is 0 Å². The number of nitrogens with two attached hydrogens (primary N) is 1. The van der Waals surface area contributed by atoms with Crippen LogP contribution in [-0.2, 0) is 4.79 Å². The van der Waals surface area contributed by atoms with Gasteiger partial charge in [0.1, 0.15) is 0 Å². The van der Waals surface area contributed by atoms with Crippen molar-refractivity contribution in [2.45, 2.75) is 37.5 Å². The highest BCUT2D eigenvalue weighted by Crippen LogP contribution is 2.26. The van der Waals surface area contributed by atoms with Crippen molar-refractivity contribution in [2.75, 3.05) is 12.3 Å². The smallest absolute Gasteiger partial charge is 0.233 e. The second kappa shape index (κ2) is 8.11. The minimum absolute atomic E-state index is 0.0246. The lowest BCUT2D eigenvalue weighted by Gasteiger charge is -2.23. The Labute approximate surface area is 131 Å². The molecule has 1 heterocycles. The van der Waals surface area contributed by atoms with Crippen molar-refractivity contribution in [2.24, 2.45) is 5.73 Å². The number of hydrogen-bond donors (Lipinski definition) is 2. The number of nitrogens with one attached hydrogen (secondary N) is 1. The topological polar surface area (TPSA) is 55.1 Å². The average molecular weight is 302 g/mol. The van der Waals surface area contributed by atoms with Crippen LogP contribution in [-0.4, -0.2) is 23.5 Å². The molecule has 1 aromatic rings. The van der Waals surface area contributed by atoms with Crippen molar-refractivity contribution >= 4 is 17.7 Å². The fourth-order valence-corrected chi connectivity index (χ4v) is 3.55. The summed E-state index contributed by atoms with van der Waals surface area (Å²) in [6.45, 7) is 2.39. The molecule has 0 spiro atoms. The molecule has 0 radical (unpaired) electrons. The molecule has 0 bridgehead atoms. The Hall–Kier alpha value is -1.44. The van der Waals surface area contributed by atoms with E-state index < -0.39 is 0 Å². The monoisotopic (exact) mass is 302 g/mol. The lowest BCUT2D eigenvalue weighted by molar-refractivity contribution is -0.121. The summed E-state index contributed by atoms with van der Waals surface area (Å²) < 4.78 is 0. The fraction of sp³-hybridized carbons (Fsp3) is 0.471. The first-order valence-corrected chi connectivity index (χ1v) is 8.46.